The lowest BCUT2D eigenvalue weighted by atomic mass is 10.1. The molecule has 2 nitrogen and oxygen atoms in total. The van der Waals surface area contributed by atoms with Gasteiger partial charge in [-0.25, -0.2) is 0 Å². The van der Waals surface area contributed by atoms with E-state index in [9.17, 15) is 0 Å². The molecular formula is C9H22N2S. The van der Waals surface area contributed by atoms with Gasteiger partial charge in [0.25, 0.3) is 0 Å². The zero-order chi connectivity index (χ0) is 9.98. The topological polar surface area (TPSA) is 38.0 Å². The first-order valence-electron chi connectivity index (χ1n) is 4.63. The number of nitrogens with one attached hydrogen (secondary N) is 1. The fourth-order valence-corrected chi connectivity index (χ4v) is 1.09. The van der Waals surface area contributed by atoms with E-state index < -0.39 is 0 Å². The van der Waals surface area contributed by atoms with Crippen LogP contribution < -0.4 is 11.1 Å². The van der Waals surface area contributed by atoms with E-state index in [2.05, 4.69) is 19.2 Å². The summed E-state index contributed by atoms with van der Waals surface area (Å²) in [6.45, 7) is 9.75. The third-order valence-corrected chi connectivity index (χ3v) is 1.37. The van der Waals surface area contributed by atoms with Crippen molar-refractivity contribution in [2.75, 3.05) is 13.1 Å². The number of hydrogen-bond donors (Lipinski definition) is 2. The maximum Gasteiger partial charge on any atom is 0.0756 e. The summed E-state index contributed by atoms with van der Waals surface area (Å²) in [7, 11) is 0. The lowest BCUT2D eigenvalue weighted by molar-refractivity contribution is 0.673. The van der Waals surface area contributed by atoms with Crippen LogP contribution in [0, 0.1) is 5.92 Å². The molecule has 3 heteroatoms. The van der Waals surface area contributed by atoms with Gasteiger partial charge in [-0.15, -0.1) is 0 Å². The molecule has 0 aliphatic rings. The van der Waals surface area contributed by atoms with Gasteiger partial charge in [0.2, 0.25) is 0 Å². The highest BCUT2D eigenvalue weighted by Gasteiger charge is 1.97. The Labute approximate surface area is 81.9 Å². The molecule has 0 spiro atoms. The number of hydrogen-bond acceptors (Lipinski definition) is 2. The maximum atomic E-state index is 5.29. The van der Waals surface area contributed by atoms with Crippen molar-refractivity contribution in [3.8, 4) is 0 Å². The average molecular weight is 190 g/mol. The highest BCUT2D eigenvalue weighted by molar-refractivity contribution is 7.80. The first-order chi connectivity index (χ1) is 5.66. The van der Waals surface area contributed by atoms with Gasteiger partial charge in [-0.3, -0.25) is 0 Å². The van der Waals surface area contributed by atoms with Gasteiger partial charge in [0.15, 0.2) is 0 Å². The molecule has 0 unspecified atom stereocenters. The second kappa shape index (κ2) is 10.8. The Bertz CT molecular complexity index is 103. The van der Waals surface area contributed by atoms with E-state index in [0.717, 1.165) is 18.0 Å². The van der Waals surface area contributed by atoms with Gasteiger partial charge in [-0.2, -0.15) is 0 Å². The average Bonchev–Trinajstić information content (AvgIpc) is 2.03. The van der Waals surface area contributed by atoms with Gasteiger partial charge in [-0.1, -0.05) is 39.9 Å². The normalized spacial score (nSPS) is 8.83. The summed E-state index contributed by atoms with van der Waals surface area (Å²) in [5.74, 6) is 0.637. The number of thiocarbonyl (C=S) groups is 1. The van der Waals surface area contributed by atoms with E-state index in [1.165, 1.54) is 0 Å². The second-order valence-electron chi connectivity index (χ2n) is 2.74. The van der Waals surface area contributed by atoms with Gasteiger partial charge < -0.3 is 11.1 Å². The Morgan fingerprint density at radius 3 is 2.25 bits per heavy atom. The molecular weight excluding hydrogens is 168 g/mol. The van der Waals surface area contributed by atoms with E-state index in [-0.39, 0.29) is 0 Å². The molecule has 0 bridgehead atoms. The minimum absolute atomic E-state index is 0.637. The summed E-state index contributed by atoms with van der Waals surface area (Å²) in [6, 6.07) is 0. The molecule has 0 radical (unpaired) electrons. The molecule has 0 fully saturated rings. The second-order valence-corrected chi connectivity index (χ2v) is 3.23. The van der Waals surface area contributed by atoms with Gasteiger partial charge in [-0.05, 0) is 5.92 Å². The molecule has 0 aromatic carbocycles. The van der Waals surface area contributed by atoms with Crippen molar-refractivity contribution in [2.45, 2.75) is 34.1 Å². The maximum absolute atomic E-state index is 5.29. The summed E-state index contributed by atoms with van der Waals surface area (Å²) >= 11 is 5.03. The van der Waals surface area contributed by atoms with Crippen LogP contribution in [0.3, 0.4) is 0 Å². The van der Waals surface area contributed by atoms with Gasteiger partial charge >= 0.3 is 0 Å². The first kappa shape index (κ1) is 14.4. The lowest BCUT2D eigenvalue weighted by Crippen LogP contribution is -2.28. The first-order valence-corrected chi connectivity index (χ1v) is 5.04. The molecule has 0 rings (SSSR count). The summed E-state index contributed by atoms with van der Waals surface area (Å²) in [4.78, 5) is 0.931. The zero-order valence-corrected chi connectivity index (χ0v) is 9.50. The van der Waals surface area contributed by atoms with Gasteiger partial charge in [0.1, 0.15) is 0 Å². The number of rotatable bonds is 4. The van der Waals surface area contributed by atoms with Crippen LogP contribution in [0.2, 0.25) is 0 Å². The van der Waals surface area contributed by atoms with E-state index >= 15 is 0 Å². The minimum Gasteiger partial charge on any atom is -0.378 e. The summed E-state index contributed by atoms with van der Waals surface area (Å²) in [6.07, 6.45) is 0.968. The van der Waals surface area contributed by atoms with Gasteiger partial charge in [0, 0.05) is 19.5 Å². The van der Waals surface area contributed by atoms with Crippen LogP contribution in [0.1, 0.15) is 34.1 Å². The lowest BCUT2D eigenvalue weighted by Gasteiger charge is -2.07. The SMILES string of the molecule is CC.CC(C)CC(=S)NCCN. The molecule has 0 aromatic heterocycles. The number of nitrogens with two attached hydrogens (primary N) is 1. The van der Waals surface area contributed by atoms with Crippen LogP contribution in [0.25, 0.3) is 0 Å². The van der Waals surface area contributed by atoms with Gasteiger partial charge in [0.05, 0.1) is 4.99 Å². The fraction of sp³-hybridized carbons (Fsp3) is 0.889. The molecule has 0 atom stereocenters. The Balaban J connectivity index is 0. The van der Waals surface area contributed by atoms with Crippen LogP contribution in [0.15, 0.2) is 0 Å². The molecule has 0 aromatic rings. The van der Waals surface area contributed by atoms with E-state index in [1.54, 1.807) is 0 Å². The molecule has 3 N–H and O–H groups in total. The quantitative estimate of drug-likeness (QED) is 0.665. The predicted octanol–water partition coefficient (Wildman–Crippen LogP) is 1.93. The summed E-state index contributed by atoms with van der Waals surface area (Å²) < 4.78 is 0. The van der Waals surface area contributed by atoms with Crippen molar-refractivity contribution in [1.29, 1.82) is 0 Å². The molecule has 0 saturated carbocycles. The smallest absolute Gasteiger partial charge is 0.0756 e. The summed E-state index contributed by atoms with van der Waals surface area (Å²) in [5, 5.41) is 3.07. The van der Waals surface area contributed by atoms with Crippen molar-refractivity contribution >= 4 is 17.2 Å². The molecule has 0 aliphatic heterocycles. The summed E-state index contributed by atoms with van der Waals surface area (Å²) in [5.41, 5.74) is 5.29. The highest BCUT2D eigenvalue weighted by atomic mass is 32.1. The van der Waals surface area contributed by atoms with Crippen molar-refractivity contribution in [3.63, 3.8) is 0 Å². The van der Waals surface area contributed by atoms with Crippen LogP contribution in [-0.4, -0.2) is 18.1 Å². The Morgan fingerprint density at radius 2 is 1.92 bits per heavy atom. The van der Waals surface area contributed by atoms with Crippen molar-refractivity contribution in [1.82, 2.24) is 5.32 Å². The van der Waals surface area contributed by atoms with Crippen LogP contribution >= 0.6 is 12.2 Å². The third kappa shape index (κ3) is 12.5. The van der Waals surface area contributed by atoms with Crippen LogP contribution in [0.4, 0.5) is 0 Å². The van der Waals surface area contributed by atoms with E-state index in [4.69, 9.17) is 18.0 Å². The molecule has 12 heavy (non-hydrogen) atoms. The Hall–Kier alpha value is -0.150. The predicted molar refractivity (Wildman–Crippen MR) is 60.5 cm³/mol. The Morgan fingerprint density at radius 1 is 1.42 bits per heavy atom. The van der Waals surface area contributed by atoms with Crippen molar-refractivity contribution in [3.05, 3.63) is 0 Å². The molecule has 0 saturated heterocycles. The zero-order valence-electron chi connectivity index (χ0n) is 8.68. The molecule has 0 heterocycles. The third-order valence-electron chi connectivity index (χ3n) is 1.06. The molecule has 0 amide bonds. The van der Waals surface area contributed by atoms with E-state index in [0.29, 0.717) is 12.5 Å². The monoisotopic (exact) mass is 190 g/mol. The fourth-order valence-electron chi connectivity index (χ4n) is 0.655. The van der Waals surface area contributed by atoms with Crippen molar-refractivity contribution in [2.24, 2.45) is 11.7 Å². The molecule has 74 valence electrons. The van der Waals surface area contributed by atoms with E-state index in [1.807, 2.05) is 13.8 Å². The highest BCUT2D eigenvalue weighted by Crippen LogP contribution is 1.98. The molecule has 0 aliphatic carbocycles. The van der Waals surface area contributed by atoms with Crippen LogP contribution in [0.5, 0.6) is 0 Å². The standard InChI is InChI=1S/C7H16N2S.C2H6/c1-6(2)5-7(10)9-4-3-8;1-2/h6H,3-5,8H2,1-2H3,(H,9,10);1-2H3. The largest absolute Gasteiger partial charge is 0.378 e. The Kier molecular flexibility index (Phi) is 13.0. The minimum atomic E-state index is 0.637. The van der Waals surface area contributed by atoms with Crippen LogP contribution in [-0.2, 0) is 0 Å². The van der Waals surface area contributed by atoms with Crippen molar-refractivity contribution < 1.29 is 0 Å².